The minimum absolute atomic E-state index is 0.0294. The van der Waals surface area contributed by atoms with Crippen LogP contribution in [0.3, 0.4) is 0 Å². The zero-order chi connectivity index (χ0) is 7.90. The van der Waals surface area contributed by atoms with E-state index in [1.165, 1.54) is 5.56 Å². The Bertz CT molecular complexity index is 277. The van der Waals surface area contributed by atoms with Gasteiger partial charge in [-0.2, -0.15) is 0 Å². The molecule has 0 spiro atoms. The van der Waals surface area contributed by atoms with Crippen molar-refractivity contribution < 1.29 is 0 Å². The van der Waals surface area contributed by atoms with Crippen molar-refractivity contribution in [3.8, 4) is 0 Å². The lowest BCUT2D eigenvalue weighted by Crippen LogP contribution is -2.20. The molecule has 0 aliphatic heterocycles. The van der Waals surface area contributed by atoms with Gasteiger partial charge in [-0.05, 0) is 31.4 Å². The summed E-state index contributed by atoms with van der Waals surface area (Å²) in [7, 11) is 0. The number of rotatable bonds is 1. The van der Waals surface area contributed by atoms with Crippen molar-refractivity contribution in [2.45, 2.75) is 25.3 Å². The van der Waals surface area contributed by atoms with E-state index in [1.807, 2.05) is 19.2 Å². The molecule has 0 atom stereocenters. The highest BCUT2D eigenvalue weighted by Crippen LogP contribution is 2.43. The standard InChI is InChI=1S/C9H12N2/c1-7-8(3-2-6-11-7)9(10)4-5-9/h2-3,6H,4-5,10H2,1H3. The van der Waals surface area contributed by atoms with Gasteiger partial charge in [-0.15, -0.1) is 0 Å². The molecule has 1 aliphatic rings. The molecule has 1 saturated carbocycles. The van der Waals surface area contributed by atoms with Gasteiger partial charge in [-0.25, -0.2) is 0 Å². The van der Waals surface area contributed by atoms with E-state index in [4.69, 9.17) is 5.73 Å². The molecule has 0 unspecified atom stereocenters. The largest absolute Gasteiger partial charge is 0.321 e. The monoisotopic (exact) mass is 148 g/mol. The average Bonchev–Trinajstić information content (AvgIpc) is 2.70. The molecule has 58 valence electrons. The predicted octanol–water partition coefficient (Wildman–Crippen LogP) is 1.34. The first-order valence-corrected chi connectivity index (χ1v) is 3.93. The van der Waals surface area contributed by atoms with Gasteiger partial charge in [0.05, 0.1) is 0 Å². The predicted molar refractivity (Wildman–Crippen MR) is 44.1 cm³/mol. The summed E-state index contributed by atoms with van der Waals surface area (Å²) in [6.45, 7) is 2.02. The van der Waals surface area contributed by atoms with Gasteiger partial charge in [0.1, 0.15) is 0 Å². The maximum Gasteiger partial charge on any atom is 0.0429 e. The highest BCUT2D eigenvalue weighted by atomic mass is 14.8. The molecule has 1 aliphatic carbocycles. The Morgan fingerprint density at radius 2 is 2.27 bits per heavy atom. The van der Waals surface area contributed by atoms with Crippen LogP contribution in [-0.2, 0) is 5.54 Å². The fourth-order valence-corrected chi connectivity index (χ4v) is 1.41. The second-order valence-electron chi connectivity index (χ2n) is 3.29. The normalized spacial score (nSPS) is 19.8. The van der Waals surface area contributed by atoms with Gasteiger partial charge >= 0.3 is 0 Å². The summed E-state index contributed by atoms with van der Waals surface area (Å²) < 4.78 is 0. The van der Waals surface area contributed by atoms with Crippen LogP contribution in [0.1, 0.15) is 24.1 Å². The molecule has 1 fully saturated rings. The fourth-order valence-electron chi connectivity index (χ4n) is 1.41. The Labute approximate surface area is 66.4 Å². The van der Waals surface area contributed by atoms with Crippen LogP contribution >= 0.6 is 0 Å². The van der Waals surface area contributed by atoms with Crippen molar-refractivity contribution in [1.82, 2.24) is 4.98 Å². The SMILES string of the molecule is Cc1ncccc1C1(N)CC1. The van der Waals surface area contributed by atoms with Crippen LogP contribution in [0, 0.1) is 6.92 Å². The van der Waals surface area contributed by atoms with Gasteiger partial charge in [-0.3, -0.25) is 4.98 Å². The molecular formula is C9H12N2. The molecule has 0 radical (unpaired) electrons. The highest BCUT2D eigenvalue weighted by molar-refractivity contribution is 5.31. The number of nitrogens with zero attached hydrogens (tertiary/aromatic N) is 1. The van der Waals surface area contributed by atoms with Crippen molar-refractivity contribution in [3.05, 3.63) is 29.6 Å². The van der Waals surface area contributed by atoms with Crippen LogP contribution in [0.2, 0.25) is 0 Å². The third-order valence-corrected chi connectivity index (χ3v) is 2.33. The van der Waals surface area contributed by atoms with Gasteiger partial charge < -0.3 is 5.73 Å². The Morgan fingerprint density at radius 1 is 1.55 bits per heavy atom. The maximum atomic E-state index is 6.03. The lowest BCUT2D eigenvalue weighted by atomic mass is 10.1. The minimum atomic E-state index is -0.0294. The van der Waals surface area contributed by atoms with E-state index in [1.54, 1.807) is 0 Å². The van der Waals surface area contributed by atoms with Crippen molar-refractivity contribution in [3.63, 3.8) is 0 Å². The highest BCUT2D eigenvalue weighted by Gasteiger charge is 2.41. The number of aromatic nitrogens is 1. The van der Waals surface area contributed by atoms with Gasteiger partial charge in [0.2, 0.25) is 0 Å². The molecule has 11 heavy (non-hydrogen) atoms. The van der Waals surface area contributed by atoms with Gasteiger partial charge in [0.15, 0.2) is 0 Å². The van der Waals surface area contributed by atoms with Crippen molar-refractivity contribution in [2.75, 3.05) is 0 Å². The molecule has 2 N–H and O–H groups in total. The topological polar surface area (TPSA) is 38.9 Å². The zero-order valence-corrected chi connectivity index (χ0v) is 6.67. The molecule has 1 heterocycles. The summed E-state index contributed by atoms with van der Waals surface area (Å²) in [5, 5.41) is 0. The van der Waals surface area contributed by atoms with Gasteiger partial charge in [0.25, 0.3) is 0 Å². The average molecular weight is 148 g/mol. The van der Waals surface area contributed by atoms with E-state index in [2.05, 4.69) is 11.1 Å². The second kappa shape index (κ2) is 2.05. The molecule has 2 heteroatoms. The first kappa shape index (κ1) is 6.80. The fraction of sp³-hybridized carbons (Fsp3) is 0.444. The number of pyridine rings is 1. The summed E-state index contributed by atoms with van der Waals surface area (Å²) in [6, 6.07) is 4.03. The lowest BCUT2D eigenvalue weighted by Gasteiger charge is -2.10. The lowest BCUT2D eigenvalue weighted by molar-refractivity contribution is 0.725. The summed E-state index contributed by atoms with van der Waals surface area (Å²) in [6.07, 6.45) is 4.03. The molecule has 0 saturated heterocycles. The second-order valence-corrected chi connectivity index (χ2v) is 3.29. The first-order chi connectivity index (χ1) is 5.22. The van der Waals surface area contributed by atoms with Crippen LogP contribution < -0.4 is 5.73 Å². The van der Waals surface area contributed by atoms with E-state index in [9.17, 15) is 0 Å². The third-order valence-electron chi connectivity index (χ3n) is 2.33. The number of nitrogens with two attached hydrogens (primary N) is 1. The van der Waals surface area contributed by atoms with Crippen LogP contribution in [0.5, 0.6) is 0 Å². The van der Waals surface area contributed by atoms with E-state index in [0.717, 1.165) is 18.5 Å². The molecule has 1 aromatic heterocycles. The summed E-state index contributed by atoms with van der Waals surface area (Å²) >= 11 is 0. The zero-order valence-electron chi connectivity index (χ0n) is 6.67. The molecule has 1 aromatic rings. The number of hydrogen-bond donors (Lipinski definition) is 1. The third kappa shape index (κ3) is 1.03. The molecule has 2 nitrogen and oxygen atoms in total. The van der Waals surface area contributed by atoms with Gasteiger partial charge in [-0.1, -0.05) is 6.07 Å². The first-order valence-electron chi connectivity index (χ1n) is 3.93. The van der Waals surface area contributed by atoms with Crippen molar-refractivity contribution >= 4 is 0 Å². The molecule has 2 rings (SSSR count). The Balaban J connectivity index is 2.45. The van der Waals surface area contributed by atoms with Crippen molar-refractivity contribution in [1.29, 1.82) is 0 Å². The van der Waals surface area contributed by atoms with Gasteiger partial charge in [0, 0.05) is 17.4 Å². The summed E-state index contributed by atoms with van der Waals surface area (Å²) in [5.74, 6) is 0. The Kier molecular flexibility index (Phi) is 1.26. The summed E-state index contributed by atoms with van der Waals surface area (Å²) in [4.78, 5) is 4.21. The number of hydrogen-bond acceptors (Lipinski definition) is 2. The summed E-state index contributed by atoms with van der Waals surface area (Å²) in [5.41, 5.74) is 8.30. The van der Waals surface area contributed by atoms with Crippen LogP contribution in [0.15, 0.2) is 18.3 Å². The Morgan fingerprint density at radius 3 is 2.82 bits per heavy atom. The van der Waals surface area contributed by atoms with Crippen LogP contribution in [-0.4, -0.2) is 4.98 Å². The molecular weight excluding hydrogens is 136 g/mol. The smallest absolute Gasteiger partial charge is 0.0429 e. The van der Waals surface area contributed by atoms with Crippen molar-refractivity contribution in [2.24, 2.45) is 5.73 Å². The van der Waals surface area contributed by atoms with E-state index in [-0.39, 0.29) is 5.54 Å². The van der Waals surface area contributed by atoms with E-state index >= 15 is 0 Å². The quantitative estimate of drug-likeness (QED) is 0.652. The minimum Gasteiger partial charge on any atom is -0.321 e. The molecule has 0 amide bonds. The maximum absolute atomic E-state index is 6.03. The van der Waals surface area contributed by atoms with E-state index in [0.29, 0.717) is 0 Å². The molecule has 0 bridgehead atoms. The van der Waals surface area contributed by atoms with Crippen LogP contribution in [0.4, 0.5) is 0 Å². The Hall–Kier alpha value is -0.890. The van der Waals surface area contributed by atoms with Crippen LogP contribution in [0.25, 0.3) is 0 Å². The number of aryl methyl sites for hydroxylation is 1. The van der Waals surface area contributed by atoms with E-state index < -0.39 is 0 Å². The molecule has 0 aromatic carbocycles.